The normalized spacial score (nSPS) is 18.3. The van der Waals surface area contributed by atoms with Crippen molar-refractivity contribution in [1.29, 1.82) is 0 Å². The monoisotopic (exact) mass is 261 g/mol. The van der Waals surface area contributed by atoms with Crippen molar-refractivity contribution in [2.24, 2.45) is 4.40 Å². The van der Waals surface area contributed by atoms with Gasteiger partial charge in [-0.05, 0) is 12.3 Å². The van der Waals surface area contributed by atoms with Gasteiger partial charge in [0.15, 0.2) is 5.17 Å². The predicted molar refractivity (Wildman–Crippen MR) is 63.8 cm³/mol. The van der Waals surface area contributed by atoms with Crippen LogP contribution in [0.3, 0.4) is 0 Å². The number of rotatable bonds is 0. The molecule has 0 saturated heterocycles. The Bertz CT molecular complexity index is 526. The molecule has 1 aliphatic rings. The third-order valence-electron chi connectivity index (χ3n) is 1.83. The molecule has 0 amide bonds. The van der Waals surface area contributed by atoms with Crippen LogP contribution in [0.2, 0.25) is 0 Å². The van der Waals surface area contributed by atoms with Crippen molar-refractivity contribution >= 4 is 45.5 Å². The fraction of sp³-hybridized carbons (Fsp3) is 0.143. The largest absolute Gasteiger partial charge is 0.288 e. The fourth-order valence-electron chi connectivity index (χ4n) is 1.16. The van der Waals surface area contributed by atoms with Gasteiger partial charge in [-0.2, -0.15) is 8.42 Å². The average Bonchev–Trinajstić information content (AvgIpc) is 2.24. The Morgan fingerprint density at radius 3 is 2.93 bits per heavy atom. The minimum Gasteiger partial charge on any atom is -0.263 e. The van der Waals surface area contributed by atoms with Crippen LogP contribution in [0.1, 0.15) is 0 Å². The number of sulfonamides is 1. The van der Waals surface area contributed by atoms with Crippen LogP contribution in [-0.2, 0) is 10.0 Å². The van der Waals surface area contributed by atoms with Gasteiger partial charge in [-0.15, -0.1) is 4.40 Å². The summed E-state index contributed by atoms with van der Waals surface area (Å²) in [6.45, 7) is 0. The summed E-state index contributed by atoms with van der Waals surface area (Å²) in [5, 5.41) is 0.331. The van der Waals surface area contributed by atoms with Crippen molar-refractivity contribution in [3.8, 4) is 0 Å². The Labute approximate surface area is 97.2 Å². The minimum absolute atomic E-state index is 0.0813. The van der Waals surface area contributed by atoms with E-state index >= 15 is 0 Å². The molecule has 1 aromatic heterocycles. The van der Waals surface area contributed by atoms with E-state index in [2.05, 4.69) is 22.2 Å². The van der Waals surface area contributed by atoms with Gasteiger partial charge in [-0.1, -0.05) is 24.6 Å². The highest BCUT2D eigenvalue weighted by Gasteiger charge is 2.29. The molecule has 2 heterocycles. The van der Waals surface area contributed by atoms with Crippen LogP contribution >= 0.6 is 24.6 Å². The number of hydrogen-bond acceptors (Lipinski definition) is 6. The lowest BCUT2D eigenvalue weighted by Gasteiger charge is -2.23. The summed E-state index contributed by atoms with van der Waals surface area (Å²) in [5.74, 6) is 0. The molecule has 0 N–H and O–H groups in total. The van der Waals surface area contributed by atoms with Crippen molar-refractivity contribution in [2.45, 2.75) is 4.90 Å². The number of hydrogen-bond donors (Lipinski definition) is 1. The van der Waals surface area contributed by atoms with Crippen LogP contribution < -0.4 is 4.31 Å². The molecule has 0 spiro atoms. The van der Waals surface area contributed by atoms with Crippen LogP contribution in [0, 0.1) is 0 Å². The molecular weight excluding hydrogens is 254 g/mol. The van der Waals surface area contributed by atoms with Crippen molar-refractivity contribution < 1.29 is 8.42 Å². The molecule has 0 radical (unpaired) electrons. The second kappa shape index (κ2) is 3.69. The quantitative estimate of drug-likeness (QED) is 0.710. The lowest BCUT2D eigenvalue weighted by Crippen LogP contribution is -2.25. The summed E-state index contributed by atoms with van der Waals surface area (Å²) in [4.78, 5) is 3.84. The van der Waals surface area contributed by atoms with Crippen LogP contribution in [0.25, 0.3) is 0 Å². The van der Waals surface area contributed by atoms with E-state index in [1.54, 1.807) is 12.3 Å². The molecular formula is C7H7N3O2S3. The average molecular weight is 261 g/mol. The molecule has 8 heteroatoms. The highest BCUT2D eigenvalue weighted by atomic mass is 32.2. The maximum absolute atomic E-state index is 11.7. The SMILES string of the molecule is CSC1=NS(=O)(=O)c2cnccc2N1S. The number of amidine groups is 1. The van der Waals surface area contributed by atoms with Gasteiger partial charge < -0.3 is 0 Å². The van der Waals surface area contributed by atoms with Gasteiger partial charge in [0.1, 0.15) is 4.90 Å². The Hall–Kier alpha value is -0.730. The number of aromatic nitrogens is 1. The molecule has 0 aromatic carbocycles. The molecule has 0 bridgehead atoms. The zero-order valence-electron chi connectivity index (χ0n) is 7.65. The molecule has 15 heavy (non-hydrogen) atoms. The van der Waals surface area contributed by atoms with Gasteiger partial charge in [0, 0.05) is 12.4 Å². The van der Waals surface area contributed by atoms with Crippen LogP contribution in [0.15, 0.2) is 27.8 Å². The van der Waals surface area contributed by atoms with Gasteiger partial charge in [0.25, 0.3) is 10.0 Å². The second-order valence-electron chi connectivity index (χ2n) is 2.71. The number of anilines is 1. The highest BCUT2D eigenvalue weighted by Crippen LogP contribution is 2.33. The number of fused-ring (bicyclic) bond motifs is 1. The van der Waals surface area contributed by atoms with Gasteiger partial charge in [-0.3, -0.25) is 9.29 Å². The van der Waals surface area contributed by atoms with E-state index < -0.39 is 10.0 Å². The fourth-order valence-corrected chi connectivity index (χ4v) is 3.62. The van der Waals surface area contributed by atoms with E-state index in [0.717, 1.165) is 0 Å². The highest BCUT2D eigenvalue weighted by molar-refractivity contribution is 8.15. The standard InChI is InChI=1S/C7H7N3O2S3/c1-14-7-9-15(11,12)6-4-8-3-2-5(6)10(7)13/h2-4,13H,1H3. The maximum atomic E-state index is 11.7. The minimum atomic E-state index is -3.62. The molecule has 1 aliphatic heterocycles. The topological polar surface area (TPSA) is 62.6 Å². The third-order valence-corrected chi connectivity index (χ3v) is 4.41. The smallest absolute Gasteiger partial charge is 0.263 e. The summed E-state index contributed by atoms with van der Waals surface area (Å²) in [5.41, 5.74) is 0.479. The molecule has 0 saturated carbocycles. The number of pyridine rings is 1. The third kappa shape index (κ3) is 1.72. The maximum Gasteiger partial charge on any atom is 0.288 e. The first kappa shape index (κ1) is 10.8. The van der Waals surface area contributed by atoms with Crippen LogP contribution in [0.5, 0.6) is 0 Å². The first-order valence-corrected chi connectivity index (χ1v) is 6.95. The van der Waals surface area contributed by atoms with Crippen molar-refractivity contribution in [1.82, 2.24) is 4.98 Å². The molecule has 0 unspecified atom stereocenters. The molecule has 80 valence electrons. The lowest BCUT2D eigenvalue weighted by molar-refractivity contribution is 0.597. The first-order valence-electron chi connectivity index (χ1n) is 3.88. The van der Waals surface area contributed by atoms with E-state index in [-0.39, 0.29) is 4.90 Å². The van der Waals surface area contributed by atoms with E-state index in [4.69, 9.17) is 0 Å². The Balaban J connectivity index is 2.71. The van der Waals surface area contributed by atoms with Crippen molar-refractivity contribution in [3.05, 3.63) is 18.5 Å². The second-order valence-corrected chi connectivity index (χ2v) is 5.45. The predicted octanol–water partition coefficient (Wildman–Crippen LogP) is 1.15. The van der Waals surface area contributed by atoms with E-state index in [9.17, 15) is 8.42 Å². The van der Waals surface area contributed by atoms with Gasteiger partial charge in [0.05, 0.1) is 5.69 Å². The van der Waals surface area contributed by atoms with E-state index in [0.29, 0.717) is 10.9 Å². The Kier molecular flexibility index (Phi) is 2.65. The Morgan fingerprint density at radius 1 is 1.53 bits per heavy atom. The van der Waals surface area contributed by atoms with Crippen LogP contribution in [-0.4, -0.2) is 24.8 Å². The molecule has 2 rings (SSSR count). The summed E-state index contributed by atoms with van der Waals surface area (Å²) < 4.78 is 28.4. The van der Waals surface area contributed by atoms with Crippen molar-refractivity contribution in [3.63, 3.8) is 0 Å². The first-order chi connectivity index (χ1) is 7.06. The molecule has 0 fully saturated rings. The van der Waals surface area contributed by atoms with Crippen LogP contribution in [0.4, 0.5) is 5.69 Å². The van der Waals surface area contributed by atoms with Gasteiger partial charge in [0.2, 0.25) is 0 Å². The van der Waals surface area contributed by atoms with Gasteiger partial charge in [-0.25, -0.2) is 0 Å². The molecule has 5 nitrogen and oxygen atoms in total. The zero-order chi connectivity index (χ0) is 11.1. The summed E-state index contributed by atoms with van der Waals surface area (Å²) in [6, 6.07) is 1.59. The summed E-state index contributed by atoms with van der Waals surface area (Å²) >= 11 is 5.40. The molecule has 1 aromatic rings. The molecule has 0 atom stereocenters. The lowest BCUT2D eigenvalue weighted by atomic mass is 10.4. The number of thiol groups is 1. The van der Waals surface area contributed by atoms with E-state index in [1.807, 2.05) is 0 Å². The Morgan fingerprint density at radius 2 is 2.27 bits per heavy atom. The molecule has 0 aliphatic carbocycles. The van der Waals surface area contributed by atoms with Crippen molar-refractivity contribution in [2.75, 3.05) is 10.6 Å². The van der Waals surface area contributed by atoms with Gasteiger partial charge >= 0.3 is 0 Å². The van der Waals surface area contributed by atoms with E-state index in [1.165, 1.54) is 28.5 Å². The summed E-state index contributed by atoms with van der Waals surface area (Å²) in [6.07, 6.45) is 4.53. The number of thioether (sulfide) groups is 1. The number of nitrogens with zero attached hydrogens (tertiary/aromatic N) is 3. The summed E-state index contributed by atoms with van der Waals surface area (Å²) in [7, 11) is -3.62. The zero-order valence-corrected chi connectivity index (χ0v) is 10.2.